The Morgan fingerprint density at radius 1 is 0.231 bits per heavy atom. The minimum Gasteiger partial charge on any atom is -0.310 e. The molecule has 606 valence electrons. The molecular formula is C116H119BN4. The highest BCUT2D eigenvalue weighted by molar-refractivity contribution is 7.00. The van der Waals surface area contributed by atoms with Crippen molar-refractivity contribution >= 4 is 101 Å². The second-order valence-corrected chi connectivity index (χ2v) is 41.6. The average molecular weight is 1600 g/mol. The number of benzene rings is 14. The van der Waals surface area contributed by atoms with Crippen LogP contribution >= 0.6 is 0 Å². The molecule has 0 atom stereocenters. The van der Waals surface area contributed by atoms with Gasteiger partial charge < -0.3 is 18.9 Å². The van der Waals surface area contributed by atoms with Crippen LogP contribution in [0.4, 0.5) is 34.1 Å². The van der Waals surface area contributed by atoms with Crippen molar-refractivity contribution in [1.29, 1.82) is 0 Å². The minimum absolute atomic E-state index is 0.111. The molecule has 2 aromatic heterocycles. The topological polar surface area (TPSA) is 16.3 Å². The molecule has 0 unspecified atom stereocenters. The van der Waals surface area contributed by atoms with E-state index in [9.17, 15) is 27.4 Å². The molecule has 0 N–H and O–H groups in total. The fraction of sp³-hybridized carbons (Fsp3) is 0.276. The van der Waals surface area contributed by atoms with E-state index in [1.807, 2.05) is 36.4 Å². The van der Waals surface area contributed by atoms with E-state index in [1.165, 1.54) is 4.57 Å². The van der Waals surface area contributed by atoms with E-state index in [4.69, 9.17) is 1.37 Å². The van der Waals surface area contributed by atoms with Gasteiger partial charge >= 0.3 is 0 Å². The Hall–Kier alpha value is -11.7. The van der Waals surface area contributed by atoms with E-state index >= 15 is 0 Å². The summed E-state index contributed by atoms with van der Waals surface area (Å²) in [6, 6.07) is 42.5. The maximum atomic E-state index is 10.5. The first-order valence-corrected chi connectivity index (χ1v) is 42.4. The van der Waals surface area contributed by atoms with Crippen LogP contribution in [-0.2, 0) is 43.3 Å². The first kappa shape index (κ1) is 59.1. The van der Waals surface area contributed by atoms with Crippen LogP contribution < -0.4 is 26.2 Å². The lowest BCUT2D eigenvalue weighted by atomic mass is 9.33. The molecule has 0 spiro atoms. The molecule has 2 aliphatic rings. The molecular weight excluding hydrogens is 1460 g/mol. The fourth-order valence-corrected chi connectivity index (χ4v) is 17.9. The number of aromatic nitrogens is 2. The Kier molecular flexibility index (Phi) is 13.9. The van der Waals surface area contributed by atoms with Gasteiger partial charge in [-0.1, -0.05) is 372 Å². The summed E-state index contributed by atoms with van der Waals surface area (Å²) in [7, 11) is 0. The second-order valence-electron chi connectivity index (χ2n) is 41.6. The van der Waals surface area contributed by atoms with Crippen LogP contribution in [0.3, 0.4) is 0 Å². The fourth-order valence-electron chi connectivity index (χ4n) is 17.9. The van der Waals surface area contributed by atoms with Crippen LogP contribution in [0.1, 0.15) is 239 Å². The highest BCUT2D eigenvalue weighted by Gasteiger charge is 2.47. The summed E-state index contributed by atoms with van der Waals surface area (Å²) in [6.45, 7) is 51.3. The molecule has 0 fully saturated rings. The van der Waals surface area contributed by atoms with Gasteiger partial charge in [0.2, 0.25) is 0 Å². The first-order valence-electron chi connectivity index (χ1n) is 52.9. The SMILES string of the molecule is [2H]c1c([2H])c([2H])c(-c2ccc3c(c2)N(c2c(-c4ccc(C(C)(C)C)cc4)cc(C(C)(C)C)cc2-c2cc(C(C)(C)C)cc(C(C)(C)C)c2)c2cc(-n4c5c([2H])c([2H])c([2H])c([2H])c5c5c([2H])c([2H])c([2H])c([2H])c54)cc4c2B3c2ccc(-n3c5c([2H])c([2H])c([2H])c([2H])c5c5c([2H])c([2H])c([2H])c([2H])c53)cc2N4c2c(-c3ccc(C(C)(C)C)cc3)cc(C(C)(C)C)cc2-c2cc(C(C)(C)C)ccc2C(C)(C)C)c([2H])c1[2H]. The number of fused-ring (bicyclic) bond motifs is 10. The third-order valence-corrected chi connectivity index (χ3v) is 24.9. The predicted octanol–water partition coefficient (Wildman–Crippen LogP) is 30.7. The molecule has 4 heterocycles. The molecule has 0 amide bonds. The molecule has 2 aliphatic heterocycles. The van der Waals surface area contributed by atoms with Crippen molar-refractivity contribution in [2.24, 2.45) is 0 Å². The first-order chi connectivity index (χ1) is 65.8. The van der Waals surface area contributed by atoms with E-state index < -0.39 is 166 Å². The van der Waals surface area contributed by atoms with Crippen LogP contribution in [0, 0.1) is 0 Å². The predicted molar refractivity (Wildman–Crippen MR) is 526 cm³/mol. The second kappa shape index (κ2) is 28.5. The number of hydrogen-bond donors (Lipinski definition) is 0. The molecule has 18 rings (SSSR count). The number of rotatable bonds is 9. The van der Waals surface area contributed by atoms with Crippen molar-refractivity contribution in [3.05, 3.63) is 329 Å². The summed E-state index contributed by atoms with van der Waals surface area (Å²) < 4.78 is 209. The van der Waals surface area contributed by atoms with Crippen molar-refractivity contribution in [1.82, 2.24) is 9.13 Å². The Bertz CT molecular complexity index is 7950. The number of anilines is 6. The highest BCUT2D eigenvalue weighted by Crippen LogP contribution is 2.58. The average Bonchev–Trinajstić information content (AvgIpc) is 1.03. The molecule has 0 saturated carbocycles. The summed E-state index contributed by atoms with van der Waals surface area (Å²) in [4.78, 5) is 4.42. The van der Waals surface area contributed by atoms with Gasteiger partial charge in [-0.2, -0.15) is 0 Å². The number of hydrogen-bond acceptors (Lipinski definition) is 2. The molecule has 0 saturated heterocycles. The van der Waals surface area contributed by atoms with Gasteiger partial charge in [0.1, 0.15) is 0 Å². The van der Waals surface area contributed by atoms with Gasteiger partial charge in [0, 0.05) is 72.2 Å². The third kappa shape index (κ3) is 14.0. The van der Waals surface area contributed by atoms with Gasteiger partial charge in [-0.15, -0.1) is 0 Å². The van der Waals surface area contributed by atoms with Gasteiger partial charge in [0.05, 0.1) is 67.9 Å². The van der Waals surface area contributed by atoms with E-state index in [2.05, 4.69) is 285 Å². The lowest BCUT2D eigenvalue weighted by molar-refractivity contribution is 0.569. The van der Waals surface area contributed by atoms with Crippen molar-refractivity contribution in [2.45, 2.75) is 209 Å². The van der Waals surface area contributed by atoms with Crippen LogP contribution in [0.5, 0.6) is 0 Å². The zero-order chi connectivity index (χ0) is 104. The monoisotopic (exact) mass is 1600 g/mol. The number of para-hydroxylation sites is 4. The van der Waals surface area contributed by atoms with E-state index in [0.29, 0.717) is 61.6 Å². The van der Waals surface area contributed by atoms with Gasteiger partial charge in [0.25, 0.3) is 6.71 Å². The van der Waals surface area contributed by atoms with Gasteiger partial charge in [-0.05, 0) is 216 Å². The molecule has 121 heavy (non-hydrogen) atoms. The van der Waals surface area contributed by atoms with Crippen LogP contribution in [0.25, 0.3) is 111 Å². The van der Waals surface area contributed by atoms with Crippen molar-refractivity contribution in [3.63, 3.8) is 0 Å². The van der Waals surface area contributed by atoms with E-state index in [1.54, 1.807) is 16.7 Å². The summed E-state index contributed by atoms with van der Waals surface area (Å²) in [5.74, 6) is 0. The Labute approximate surface area is 750 Å². The summed E-state index contributed by atoms with van der Waals surface area (Å²) in [6.07, 6.45) is 0. The van der Waals surface area contributed by atoms with Crippen LogP contribution in [0.15, 0.2) is 285 Å². The largest absolute Gasteiger partial charge is 0.310 e. The zero-order valence-corrected chi connectivity index (χ0v) is 74.4. The molecule has 4 nitrogen and oxygen atoms in total. The van der Waals surface area contributed by atoms with Crippen molar-refractivity contribution in [3.8, 4) is 67.0 Å². The summed E-state index contributed by atoms with van der Waals surface area (Å²) in [5, 5.41) is -0.704. The molecule has 14 aromatic carbocycles. The highest BCUT2D eigenvalue weighted by atomic mass is 15.2. The van der Waals surface area contributed by atoms with Crippen LogP contribution in [0.2, 0.25) is 0 Å². The molecule has 0 radical (unpaired) electrons. The molecule has 5 heteroatoms. The minimum atomic E-state index is -1.05. The van der Waals surface area contributed by atoms with Crippen molar-refractivity contribution < 1.29 is 28.8 Å². The number of nitrogens with zero attached hydrogens (tertiary/aromatic N) is 4. The lowest BCUT2D eigenvalue weighted by Gasteiger charge is -2.46. The van der Waals surface area contributed by atoms with Gasteiger partial charge in [0.15, 0.2) is 0 Å². The quantitative estimate of drug-likeness (QED) is 0.134. The molecule has 0 aliphatic carbocycles. The Balaban J connectivity index is 1.18. The maximum Gasteiger partial charge on any atom is 0.252 e. The van der Waals surface area contributed by atoms with E-state index in [-0.39, 0.29) is 76.9 Å². The maximum absolute atomic E-state index is 10.5. The Morgan fingerprint density at radius 3 is 0.983 bits per heavy atom. The van der Waals surface area contributed by atoms with Crippen LogP contribution in [-0.4, -0.2) is 15.8 Å². The summed E-state index contributed by atoms with van der Waals surface area (Å²) >= 11 is 0. The standard InChI is InChI=1S/C116H119BN4/c1-109(2,3)77-51-46-73(47-52-77)90-65-82(114(16,17)18)67-92(76-60-80(112(10,11)12)63-81(61-76)113(13,14)15)107(90)120-102-62-75(72-36-26-25-27-37-72)50-58-96(102)117-97-59-56-84(118-98-42-32-28-38-86(98)87-39-29-33-43-99(87)118)69-103(97)121(105-71-85(70-104(120)106(105)117)119-100-44-34-30-40-88(100)89-41-31-35-45-101(89)119)108-91(74-48-53-78(54-49-74)110(4,5)6)66-83(115(19,20)21)68-94(108)93-64-79(111(7,8)9)55-57-95(93)116(22,23)24/h25-71H,1-24H3/i25D,26D,27D,28D,29D,30D,31D,32D,33D,34D,35D,36D,37D,38D,39D,40D,41D,42D,43D,44D,45D. The third-order valence-electron chi connectivity index (χ3n) is 24.9. The normalized spacial score (nSPS) is 16.0. The zero-order valence-electron chi connectivity index (χ0n) is 95.4. The Morgan fingerprint density at radius 2 is 0.562 bits per heavy atom. The molecule has 0 bridgehead atoms. The van der Waals surface area contributed by atoms with Gasteiger partial charge in [-0.3, -0.25) is 0 Å². The van der Waals surface area contributed by atoms with Crippen molar-refractivity contribution in [2.75, 3.05) is 9.80 Å². The van der Waals surface area contributed by atoms with E-state index in [0.717, 1.165) is 77.9 Å². The van der Waals surface area contributed by atoms with Gasteiger partial charge in [-0.25, -0.2) is 0 Å². The smallest absolute Gasteiger partial charge is 0.252 e. The lowest BCUT2D eigenvalue weighted by Crippen LogP contribution is -2.61. The summed E-state index contributed by atoms with van der Waals surface area (Å²) in [5.41, 5.74) is 14.2. The molecule has 16 aromatic rings.